The van der Waals surface area contributed by atoms with Crippen molar-refractivity contribution in [1.82, 2.24) is 5.43 Å². The molecular weight excluding hydrogens is 221 g/mol. The van der Waals surface area contributed by atoms with Crippen molar-refractivity contribution in [2.75, 3.05) is 7.11 Å². The highest BCUT2D eigenvalue weighted by molar-refractivity contribution is 5.31. The molecule has 0 aliphatic rings. The Morgan fingerprint density at radius 3 is 2.62 bits per heavy atom. The monoisotopic (exact) mass is 234 g/mol. The quantitative estimate of drug-likeness (QED) is 0.599. The van der Waals surface area contributed by atoms with Crippen molar-refractivity contribution in [1.29, 1.82) is 0 Å². The van der Waals surface area contributed by atoms with Crippen LogP contribution in [0.4, 0.5) is 13.2 Å². The Bertz CT molecular complexity index is 347. The van der Waals surface area contributed by atoms with Crippen LogP contribution >= 0.6 is 0 Å². The van der Waals surface area contributed by atoms with E-state index in [9.17, 15) is 13.2 Å². The number of hydrogen-bond donors (Lipinski definition) is 2. The van der Waals surface area contributed by atoms with Crippen LogP contribution in [0.3, 0.4) is 0 Å². The molecule has 0 amide bonds. The Morgan fingerprint density at radius 1 is 1.44 bits per heavy atom. The Kier molecular flexibility index (Phi) is 4.57. The van der Waals surface area contributed by atoms with Gasteiger partial charge in [0.25, 0.3) is 6.43 Å². The van der Waals surface area contributed by atoms with Crippen molar-refractivity contribution in [3.63, 3.8) is 0 Å². The molecule has 1 aromatic rings. The second-order valence-corrected chi connectivity index (χ2v) is 3.25. The molecule has 1 atom stereocenters. The number of benzene rings is 1. The van der Waals surface area contributed by atoms with E-state index in [1.165, 1.54) is 25.3 Å². The lowest BCUT2D eigenvalue weighted by molar-refractivity contribution is 0.0980. The number of methoxy groups -OCH3 is 1. The molecule has 0 saturated carbocycles. The largest absolute Gasteiger partial charge is 0.494 e. The maximum absolute atomic E-state index is 13.6. The van der Waals surface area contributed by atoms with Gasteiger partial charge in [-0.1, -0.05) is 12.1 Å². The molecule has 0 radical (unpaired) electrons. The van der Waals surface area contributed by atoms with Crippen molar-refractivity contribution < 1.29 is 17.9 Å². The number of ether oxygens (including phenoxy) is 1. The number of halogens is 3. The molecule has 3 nitrogen and oxygen atoms in total. The zero-order valence-corrected chi connectivity index (χ0v) is 8.71. The van der Waals surface area contributed by atoms with Crippen LogP contribution in [0.25, 0.3) is 0 Å². The summed E-state index contributed by atoms with van der Waals surface area (Å²) < 4.78 is 43.1. The fraction of sp³-hybridized carbons (Fsp3) is 0.400. The van der Waals surface area contributed by atoms with Gasteiger partial charge in [0.2, 0.25) is 0 Å². The van der Waals surface area contributed by atoms with Gasteiger partial charge in [0.05, 0.1) is 13.2 Å². The number of hydrazine groups is 1. The molecule has 3 N–H and O–H groups in total. The maximum Gasteiger partial charge on any atom is 0.255 e. The molecule has 0 aromatic heterocycles. The molecule has 0 bridgehead atoms. The highest BCUT2D eigenvalue weighted by Crippen LogP contribution is 2.21. The number of nitrogens with one attached hydrogen (secondary N) is 1. The SMILES string of the molecule is COc1cccc(CC(NN)C(F)F)c1F. The average molecular weight is 234 g/mol. The highest BCUT2D eigenvalue weighted by Gasteiger charge is 2.21. The van der Waals surface area contributed by atoms with Crippen molar-refractivity contribution >= 4 is 0 Å². The number of rotatable bonds is 5. The third-order valence-corrected chi connectivity index (χ3v) is 2.22. The fourth-order valence-electron chi connectivity index (χ4n) is 1.33. The van der Waals surface area contributed by atoms with E-state index in [0.717, 1.165) is 0 Å². The Labute approximate surface area is 91.4 Å². The van der Waals surface area contributed by atoms with Crippen LogP contribution in [0.1, 0.15) is 5.56 Å². The van der Waals surface area contributed by atoms with E-state index in [-0.39, 0.29) is 17.7 Å². The molecule has 0 aliphatic carbocycles. The molecule has 16 heavy (non-hydrogen) atoms. The lowest BCUT2D eigenvalue weighted by Crippen LogP contribution is -2.42. The van der Waals surface area contributed by atoms with E-state index < -0.39 is 18.3 Å². The van der Waals surface area contributed by atoms with Gasteiger partial charge in [-0.25, -0.2) is 13.2 Å². The first kappa shape index (κ1) is 12.8. The summed E-state index contributed by atoms with van der Waals surface area (Å²) in [4.78, 5) is 0. The second kappa shape index (κ2) is 5.72. The molecule has 0 spiro atoms. The first-order valence-corrected chi connectivity index (χ1v) is 4.65. The predicted octanol–water partition coefficient (Wildman–Crippen LogP) is 1.47. The van der Waals surface area contributed by atoms with Gasteiger partial charge in [-0.15, -0.1) is 0 Å². The topological polar surface area (TPSA) is 47.3 Å². The summed E-state index contributed by atoms with van der Waals surface area (Å²) in [6.45, 7) is 0. The van der Waals surface area contributed by atoms with Crippen LogP contribution in [-0.2, 0) is 6.42 Å². The van der Waals surface area contributed by atoms with Crippen LogP contribution < -0.4 is 16.0 Å². The van der Waals surface area contributed by atoms with Gasteiger partial charge < -0.3 is 4.74 Å². The minimum Gasteiger partial charge on any atom is -0.494 e. The van der Waals surface area contributed by atoms with Crippen LogP contribution in [0, 0.1) is 5.82 Å². The van der Waals surface area contributed by atoms with E-state index in [4.69, 9.17) is 10.6 Å². The van der Waals surface area contributed by atoms with Crippen LogP contribution in [0.5, 0.6) is 5.75 Å². The van der Waals surface area contributed by atoms with Crippen molar-refractivity contribution in [2.45, 2.75) is 18.9 Å². The fourth-order valence-corrected chi connectivity index (χ4v) is 1.33. The molecular formula is C10H13F3N2O. The zero-order valence-electron chi connectivity index (χ0n) is 8.71. The van der Waals surface area contributed by atoms with Gasteiger partial charge in [0.1, 0.15) is 0 Å². The number of alkyl halides is 2. The summed E-state index contributed by atoms with van der Waals surface area (Å²) in [7, 11) is 1.31. The van der Waals surface area contributed by atoms with Crippen molar-refractivity contribution in [3.8, 4) is 5.75 Å². The lowest BCUT2D eigenvalue weighted by atomic mass is 10.1. The normalized spacial score (nSPS) is 12.9. The molecule has 0 heterocycles. The number of nitrogens with two attached hydrogens (primary N) is 1. The van der Waals surface area contributed by atoms with E-state index in [1.807, 2.05) is 5.43 Å². The summed E-state index contributed by atoms with van der Waals surface area (Å²) in [5.74, 6) is 4.36. The minimum absolute atomic E-state index is 0.0301. The molecule has 0 saturated heterocycles. The second-order valence-electron chi connectivity index (χ2n) is 3.25. The smallest absolute Gasteiger partial charge is 0.255 e. The molecule has 0 aliphatic heterocycles. The van der Waals surface area contributed by atoms with Crippen LogP contribution in [0.2, 0.25) is 0 Å². The van der Waals surface area contributed by atoms with E-state index in [1.54, 1.807) is 0 Å². The lowest BCUT2D eigenvalue weighted by Gasteiger charge is -2.15. The van der Waals surface area contributed by atoms with Gasteiger partial charge in [-0.3, -0.25) is 11.3 Å². The first-order chi connectivity index (χ1) is 7.60. The van der Waals surface area contributed by atoms with Crippen molar-refractivity contribution in [3.05, 3.63) is 29.6 Å². The van der Waals surface area contributed by atoms with Gasteiger partial charge in [-0.05, 0) is 18.1 Å². The van der Waals surface area contributed by atoms with Crippen LogP contribution in [-0.4, -0.2) is 19.6 Å². The molecule has 1 aromatic carbocycles. The highest BCUT2D eigenvalue weighted by atomic mass is 19.3. The van der Waals surface area contributed by atoms with Gasteiger partial charge in [-0.2, -0.15) is 0 Å². The standard InChI is InChI=1S/C10H13F3N2O/c1-16-8-4-2-3-6(9(8)11)5-7(15-14)10(12)13/h2-4,7,10,15H,5,14H2,1H3. The molecule has 6 heteroatoms. The van der Waals surface area contributed by atoms with Crippen molar-refractivity contribution in [2.24, 2.45) is 5.84 Å². The van der Waals surface area contributed by atoms with E-state index in [2.05, 4.69) is 0 Å². The van der Waals surface area contributed by atoms with E-state index in [0.29, 0.717) is 0 Å². The Morgan fingerprint density at radius 2 is 2.12 bits per heavy atom. The molecule has 1 unspecified atom stereocenters. The maximum atomic E-state index is 13.6. The third-order valence-electron chi connectivity index (χ3n) is 2.22. The summed E-state index contributed by atoms with van der Waals surface area (Å²) in [5, 5.41) is 0. The summed E-state index contributed by atoms with van der Waals surface area (Å²) in [5.41, 5.74) is 2.10. The van der Waals surface area contributed by atoms with Gasteiger partial charge in [0.15, 0.2) is 11.6 Å². The Hall–Kier alpha value is -1.27. The third kappa shape index (κ3) is 2.86. The van der Waals surface area contributed by atoms with E-state index >= 15 is 0 Å². The summed E-state index contributed by atoms with van der Waals surface area (Å²) >= 11 is 0. The Balaban J connectivity index is 2.88. The minimum atomic E-state index is -2.66. The zero-order chi connectivity index (χ0) is 12.1. The molecule has 1 rings (SSSR count). The summed E-state index contributed by atoms with van der Waals surface area (Å²) in [6.07, 6.45) is -2.85. The van der Waals surface area contributed by atoms with Gasteiger partial charge in [0, 0.05) is 0 Å². The first-order valence-electron chi connectivity index (χ1n) is 4.65. The molecule has 0 fully saturated rings. The summed E-state index contributed by atoms with van der Waals surface area (Å²) in [6, 6.07) is 3.11. The number of hydrogen-bond acceptors (Lipinski definition) is 3. The predicted molar refractivity (Wildman–Crippen MR) is 53.8 cm³/mol. The average Bonchev–Trinajstić information content (AvgIpc) is 2.27. The van der Waals surface area contributed by atoms with Gasteiger partial charge >= 0.3 is 0 Å². The van der Waals surface area contributed by atoms with Crippen LogP contribution in [0.15, 0.2) is 18.2 Å². The molecule has 90 valence electrons.